The molecule has 0 atom stereocenters. The van der Waals surface area contributed by atoms with Crippen LogP contribution in [0.1, 0.15) is 5.69 Å². The van der Waals surface area contributed by atoms with Crippen molar-refractivity contribution < 1.29 is 18.3 Å². The molecule has 1 aromatic heterocycles. The summed E-state index contributed by atoms with van der Waals surface area (Å²) in [5, 5.41) is 9.14. The first-order chi connectivity index (χ1) is 9.87. The summed E-state index contributed by atoms with van der Waals surface area (Å²) in [4.78, 5) is 0.0868. The summed E-state index contributed by atoms with van der Waals surface area (Å²) in [7, 11) is -0.561. The molecule has 2 N–H and O–H groups in total. The van der Waals surface area contributed by atoms with Crippen LogP contribution in [0.3, 0.4) is 0 Å². The summed E-state index contributed by atoms with van der Waals surface area (Å²) in [6, 6.07) is 6.42. The van der Waals surface area contributed by atoms with Crippen LogP contribution >= 0.6 is 15.9 Å². The van der Waals surface area contributed by atoms with Gasteiger partial charge in [-0.15, -0.1) is 0 Å². The molecule has 0 unspecified atom stereocenters. The zero-order chi connectivity index (χ0) is 15.6. The van der Waals surface area contributed by atoms with E-state index < -0.39 is 10.0 Å². The van der Waals surface area contributed by atoms with Crippen LogP contribution in [0.25, 0.3) is 0 Å². The quantitative estimate of drug-likeness (QED) is 0.839. The molecule has 114 valence electrons. The van der Waals surface area contributed by atoms with Gasteiger partial charge in [0.25, 0.3) is 10.0 Å². The van der Waals surface area contributed by atoms with E-state index in [0.717, 1.165) is 0 Å². The molecule has 0 fully saturated rings. The number of methoxy groups -OCH3 is 1. The minimum Gasteiger partial charge on any atom is -0.497 e. The van der Waals surface area contributed by atoms with E-state index in [2.05, 4.69) is 20.7 Å². The predicted molar refractivity (Wildman–Crippen MR) is 82.8 cm³/mol. The van der Waals surface area contributed by atoms with E-state index >= 15 is 0 Å². The van der Waals surface area contributed by atoms with Crippen molar-refractivity contribution in [2.24, 2.45) is 7.05 Å². The Balaban J connectivity index is 2.37. The third kappa shape index (κ3) is 3.39. The molecule has 0 spiro atoms. The summed E-state index contributed by atoms with van der Waals surface area (Å²) in [5.74, 6) is 0.542. The van der Waals surface area contributed by atoms with Crippen LogP contribution in [0.15, 0.2) is 39.8 Å². The average molecular weight is 375 g/mol. The minimum absolute atomic E-state index is 0.0868. The maximum absolute atomic E-state index is 12.4. The Kier molecular flexibility index (Phi) is 4.60. The van der Waals surface area contributed by atoms with Gasteiger partial charge in [0, 0.05) is 29.5 Å². The van der Waals surface area contributed by atoms with Crippen molar-refractivity contribution in [1.82, 2.24) is 4.57 Å². The lowest BCUT2D eigenvalue weighted by atomic mass is 10.3. The normalized spacial score (nSPS) is 11.4. The lowest BCUT2D eigenvalue weighted by Crippen LogP contribution is -2.12. The minimum atomic E-state index is -3.74. The Morgan fingerprint density at radius 1 is 1.38 bits per heavy atom. The van der Waals surface area contributed by atoms with Crippen LogP contribution in [-0.2, 0) is 23.7 Å². The first-order valence-electron chi connectivity index (χ1n) is 6.00. The molecule has 0 radical (unpaired) electrons. The first kappa shape index (κ1) is 15.9. The summed E-state index contributed by atoms with van der Waals surface area (Å²) >= 11 is 3.29. The van der Waals surface area contributed by atoms with Crippen LogP contribution in [0.5, 0.6) is 5.75 Å². The van der Waals surface area contributed by atoms with Gasteiger partial charge in [-0.25, -0.2) is 8.42 Å². The number of aliphatic hydroxyl groups is 1. The fourth-order valence-electron chi connectivity index (χ4n) is 1.79. The first-order valence-corrected chi connectivity index (χ1v) is 8.27. The molecule has 6 nitrogen and oxygen atoms in total. The average Bonchev–Trinajstić information content (AvgIpc) is 2.83. The van der Waals surface area contributed by atoms with Gasteiger partial charge in [0.1, 0.15) is 10.6 Å². The largest absolute Gasteiger partial charge is 0.497 e. The molecule has 8 heteroatoms. The van der Waals surface area contributed by atoms with Crippen LogP contribution in [0.2, 0.25) is 0 Å². The Hall–Kier alpha value is -1.51. The smallest absolute Gasteiger partial charge is 0.263 e. The number of aliphatic hydroxyl groups excluding tert-OH is 1. The zero-order valence-electron chi connectivity index (χ0n) is 11.5. The fraction of sp³-hybridized carbons (Fsp3) is 0.231. The Bertz CT molecular complexity index is 756. The van der Waals surface area contributed by atoms with Crippen LogP contribution in [0.4, 0.5) is 5.69 Å². The number of hydrogen-bond acceptors (Lipinski definition) is 4. The highest BCUT2D eigenvalue weighted by Crippen LogP contribution is 2.29. The number of halogens is 1. The maximum atomic E-state index is 12.4. The van der Waals surface area contributed by atoms with Gasteiger partial charge < -0.3 is 14.4 Å². The highest BCUT2D eigenvalue weighted by molar-refractivity contribution is 9.10. The van der Waals surface area contributed by atoms with E-state index in [0.29, 0.717) is 21.6 Å². The number of rotatable bonds is 5. The number of nitrogens with one attached hydrogen (secondary N) is 1. The number of anilines is 1. The standard InChI is InChI=1S/C13H15BrN2O4S/c1-16-7-11(5-9(16)8-17)21(18,19)15-13-6-10(20-2)3-4-12(13)14/h3-7,15,17H,8H2,1-2H3. The Labute approximate surface area is 131 Å². The molecular weight excluding hydrogens is 360 g/mol. The van der Waals surface area contributed by atoms with Gasteiger partial charge in [-0.1, -0.05) is 0 Å². The van der Waals surface area contributed by atoms with E-state index in [1.165, 1.54) is 19.4 Å². The van der Waals surface area contributed by atoms with E-state index in [9.17, 15) is 8.42 Å². The summed E-state index contributed by atoms with van der Waals surface area (Å²) in [6.07, 6.45) is 1.45. The summed E-state index contributed by atoms with van der Waals surface area (Å²) < 4.78 is 34.5. The highest BCUT2D eigenvalue weighted by Gasteiger charge is 2.19. The topological polar surface area (TPSA) is 80.6 Å². The van der Waals surface area contributed by atoms with Gasteiger partial charge in [0.2, 0.25) is 0 Å². The molecule has 2 rings (SSSR count). The van der Waals surface area contributed by atoms with Crippen molar-refractivity contribution >= 4 is 31.6 Å². The number of benzene rings is 1. The van der Waals surface area contributed by atoms with E-state index in [1.807, 2.05) is 0 Å². The van der Waals surface area contributed by atoms with E-state index in [-0.39, 0.29) is 11.5 Å². The lowest BCUT2D eigenvalue weighted by molar-refractivity contribution is 0.272. The third-order valence-corrected chi connectivity index (χ3v) is 5.00. The fourth-order valence-corrected chi connectivity index (χ4v) is 3.44. The van der Waals surface area contributed by atoms with Crippen molar-refractivity contribution in [3.8, 4) is 5.75 Å². The number of nitrogens with zero attached hydrogens (tertiary/aromatic N) is 1. The summed E-state index contributed by atoms with van der Waals surface area (Å²) in [5.41, 5.74) is 0.892. The molecule has 21 heavy (non-hydrogen) atoms. The predicted octanol–water partition coefficient (Wildman–Crippen LogP) is 2.09. The van der Waals surface area contributed by atoms with Gasteiger partial charge in [0.05, 0.1) is 19.4 Å². The maximum Gasteiger partial charge on any atom is 0.263 e. The van der Waals surface area contributed by atoms with Gasteiger partial charge >= 0.3 is 0 Å². The molecule has 2 aromatic rings. The second-order valence-electron chi connectivity index (χ2n) is 4.39. The molecule has 0 aliphatic rings. The molecule has 0 saturated heterocycles. The molecule has 0 saturated carbocycles. The lowest BCUT2D eigenvalue weighted by Gasteiger charge is -2.10. The molecule has 0 amide bonds. The van der Waals surface area contributed by atoms with Crippen molar-refractivity contribution in [2.45, 2.75) is 11.5 Å². The molecular formula is C13H15BrN2O4S. The molecule has 1 aromatic carbocycles. The van der Waals surface area contributed by atoms with Gasteiger partial charge in [-0.3, -0.25) is 4.72 Å². The number of aryl methyl sites for hydroxylation is 1. The van der Waals surface area contributed by atoms with Crippen molar-refractivity contribution in [3.05, 3.63) is 40.6 Å². The van der Waals surface area contributed by atoms with E-state index in [4.69, 9.17) is 9.84 Å². The number of ether oxygens (including phenoxy) is 1. The van der Waals surface area contributed by atoms with Crippen LogP contribution in [0, 0.1) is 0 Å². The van der Waals surface area contributed by atoms with Crippen LogP contribution in [-0.4, -0.2) is 25.2 Å². The Morgan fingerprint density at radius 2 is 2.10 bits per heavy atom. The SMILES string of the molecule is COc1ccc(Br)c(NS(=O)(=O)c2cc(CO)n(C)c2)c1. The zero-order valence-corrected chi connectivity index (χ0v) is 13.9. The monoisotopic (exact) mass is 374 g/mol. The van der Waals surface area contributed by atoms with Gasteiger partial charge in [-0.05, 0) is 34.1 Å². The molecule has 1 heterocycles. The van der Waals surface area contributed by atoms with Crippen LogP contribution < -0.4 is 9.46 Å². The Morgan fingerprint density at radius 3 is 2.67 bits per heavy atom. The highest BCUT2D eigenvalue weighted by atomic mass is 79.9. The second-order valence-corrected chi connectivity index (χ2v) is 6.92. The third-order valence-electron chi connectivity index (χ3n) is 2.97. The van der Waals surface area contributed by atoms with E-state index in [1.54, 1.807) is 29.8 Å². The van der Waals surface area contributed by atoms with Gasteiger partial charge in [0.15, 0.2) is 0 Å². The van der Waals surface area contributed by atoms with Crippen molar-refractivity contribution in [1.29, 1.82) is 0 Å². The number of aromatic nitrogens is 1. The number of hydrogen-bond donors (Lipinski definition) is 2. The number of sulfonamides is 1. The van der Waals surface area contributed by atoms with Crippen molar-refractivity contribution in [3.63, 3.8) is 0 Å². The molecule has 0 bridgehead atoms. The van der Waals surface area contributed by atoms with Crippen molar-refractivity contribution in [2.75, 3.05) is 11.8 Å². The second kappa shape index (κ2) is 6.08. The molecule has 0 aliphatic carbocycles. The van der Waals surface area contributed by atoms with Gasteiger partial charge in [-0.2, -0.15) is 0 Å². The molecule has 0 aliphatic heterocycles. The summed E-state index contributed by atoms with van der Waals surface area (Å²) in [6.45, 7) is -0.227.